The minimum Gasteiger partial charge on any atom is -0.463 e. The minimum atomic E-state index is -4.58. The van der Waals surface area contributed by atoms with Gasteiger partial charge in [0.25, 0.3) is 0 Å². The molecule has 86 valence electrons. The van der Waals surface area contributed by atoms with E-state index in [2.05, 4.69) is 19.8 Å². The van der Waals surface area contributed by atoms with Crippen LogP contribution in [0, 0.1) is 0 Å². The maximum atomic E-state index is 10.7. The Labute approximate surface area is 85.2 Å². The monoisotopic (exact) mass is 239 g/mol. The van der Waals surface area contributed by atoms with Gasteiger partial charge in [-0.05, 0) is 6.92 Å². The Morgan fingerprint density at radius 1 is 1.40 bits per heavy atom. The van der Waals surface area contributed by atoms with Gasteiger partial charge in [-0.2, -0.15) is 4.62 Å². The Balaban J connectivity index is 4.15. The number of phosphoric acid groups is 1. The van der Waals surface area contributed by atoms with Gasteiger partial charge in [0, 0.05) is 12.2 Å². The summed E-state index contributed by atoms with van der Waals surface area (Å²) in [4.78, 5) is 30.0. The van der Waals surface area contributed by atoms with Crippen molar-refractivity contribution < 1.29 is 32.9 Å². The number of nitrogens with two attached hydrogens (primary N) is 1. The molecular weight excluding hydrogens is 229 g/mol. The first kappa shape index (κ1) is 13.8. The molecule has 0 bridgehead atoms. The van der Waals surface area contributed by atoms with Gasteiger partial charge in [0.1, 0.15) is 0 Å². The molecule has 0 spiro atoms. The third-order valence-corrected chi connectivity index (χ3v) is 1.66. The van der Waals surface area contributed by atoms with Crippen LogP contribution in [0.2, 0.25) is 0 Å². The van der Waals surface area contributed by atoms with Gasteiger partial charge in [-0.15, -0.1) is 0 Å². The predicted octanol–water partition coefficient (Wildman–Crippen LogP) is -0.360. The molecule has 0 radical (unpaired) electrons. The average molecular weight is 239 g/mol. The van der Waals surface area contributed by atoms with Crippen molar-refractivity contribution in [3.63, 3.8) is 0 Å². The van der Waals surface area contributed by atoms with Gasteiger partial charge >= 0.3 is 19.8 Å². The van der Waals surface area contributed by atoms with Crippen molar-refractivity contribution in [2.24, 2.45) is 5.90 Å². The summed E-state index contributed by atoms with van der Waals surface area (Å²) in [5, 5.41) is 0. The van der Waals surface area contributed by atoms with E-state index >= 15 is 0 Å². The van der Waals surface area contributed by atoms with Crippen LogP contribution in [-0.4, -0.2) is 23.4 Å². The molecule has 3 N–H and O–H groups in total. The first-order chi connectivity index (χ1) is 6.91. The van der Waals surface area contributed by atoms with E-state index in [1.807, 2.05) is 0 Å². The summed E-state index contributed by atoms with van der Waals surface area (Å²) >= 11 is 0. The zero-order valence-corrected chi connectivity index (χ0v) is 8.68. The Hall–Kier alpha value is -1.21. The van der Waals surface area contributed by atoms with E-state index in [1.165, 1.54) is 0 Å². The third-order valence-electron chi connectivity index (χ3n) is 0.981. The molecule has 8 nitrogen and oxygen atoms in total. The molecule has 15 heavy (non-hydrogen) atoms. The number of hydrogen-bond acceptors (Lipinski definition) is 7. The van der Waals surface area contributed by atoms with Gasteiger partial charge in [-0.3, -0.25) is 4.89 Å². The number of carbonyl (C=O) groups excluding carboxylic acids is 2. The molecule has 1 atom stereocenters. The van der Waals surface area contributed by atoms with E-state index in [0.717, 1.165) is 6.08 Å². The van der Waals surface area contributed by atoms with E-state index < -0.39 is 19.8 Å². The lowest BCUT2D eigenvalue weighted by molar-refractivity contribution is -0.138. The van der Waals surface area contributed by atoms with Crippen LogP contribution in [0.5, 0.6) is 0 Å². The molecule has 0 amide bonds. The highest BCUT2D eigenvalue weighted by molar-refractivity contribution is 7.47. The summed E-state index contributed by atoms with van der Waals surface area (Å²) < 4.78 is 22.3. The molecule has 0 aromatic carbocycles. The Morgan fingerprint density at radius 3 is 2.40 bits per heavy atom. The topological polar surface area (TPSA) is 125 Å². The van der Waals surface area contributed by atoms with Crippen molar-refractivity contribution in [3.05, 3.63) is 12.2 Å². The Bertz CT molecular complexity index is 313. The molecular formula is C6H10NO7P. The molecule has 0 fully saturated rings. The second kappa shape index (κ2) is 6.31. The van der Waals surface area contributed by atoms with Gasteiger partial charge in [0.2, 0.25) is 0 Å². The van der Waals surface area contributed by atoms with E-state index in [9.17, 15) is 14.2 Å². The molecule has 0 aliphatic carbocycles. The highest BCUT2D eigenvalue weighted by Gasteiger charge is 2.23. The van der Waals surface area contributed by atoms with Crippen molar-refractivity contribution in [2.75, 3.05) is 6.61 Å². The van der Waals surface area contributed by atoms with Crippen molar-refractivity contribution in [1.29, 1.82) is 0 Å². The van der Waals surface area contributed by atoms with Crippen LogP contribution < -0.4 is 5.90 Å². The van der Waals surface area contributed by atoms with Gasteiger partial charge in [-0.25, -0.2) is 20.1 Å². The van der Waals surface area contributed by atoms with Gasteiger partial charge in [0.15, 0.2) is 0 Å². The SMILES string of the molecule is CCOC(=O)/C=C\C(=O)OP(=O)(O)ON. The maximum absolute atomic E-state index is 10.7. The lowest BCUT2D eigenvalue weighted by atomic mass is 10.5. The number of carbonyl (C=O) groups is 2. The molecule has 0 aromatic heterocycles. The fourth-order valence-corrected chi connectivity index (χ4v) is 0.823. The quantitative estimate of drug-likeness (QED) is 0.288. The third kappa shape index (κ3) is 6.81. The number of phosphoric ester groups is 1. The summed E-state index contributed by atoms with van der Waals surface area (Å²) in [6, 6.07) is 0. The van der Waals surface area contributed by atoms with E-state index in [0.29, 0.717) is 6.08 Å². The van der Waals surface area contributed by atoms with Gasteiger partial charge in [-0.1, -0.05) is 0 Å². The Kier molecular flexibility index (Phi) is 5.80. The molecule has 0 aliphatic rings. The average Bonchev–Trinajstić information content (AvgIpc) is 2.15. The van der Waals surface area contributed by atoms with E-state index in [4.69, 9.17) is 4.89 Å². The van der Waals surface area contributed by atoms with Gasteiger partial charge < -0.3 is 9.26 Å². The van der Waals surface area contributed by atoms with Crippen molar-refractivity contribution in [3.8, 4) is 0 Å². The second-order valence-electron chi connectivity index (χ2n) is 2.07. The van der Waals surface area contributed by atoms with Crippen LogP contribution in [-0.2, 0) is 28.0 Å². The lowest BCUT2D eigenvalue weighted by Crippen LogP contribution is -2.06. The Morgan fingerprint density at radius 2 is 1.93 bits per heavy atom. The number of rotatable bonds is 5. The first-order valence-corrected chi connectivity index (χ1v) is 5.20. The summed E-state index contributed by atoms with van der Waals surface area (Å²) in [7, 11) is -4.58. The van der Waals surface area contributed by atoms with Crippen molar-refractivity contribution in [1.82, 2.24) is 0 Å². The van der Waals surface area contributed by atoms with Crippen molar-refractivity contribution in [2.45, 2.75) is 6.92 Å². The van der Waals surface area contributed by atoms with Crippen LogP contribution >= 0.6 is 7.82 Å². The molecule has 0 aliphatic heterocycles. The molecule has 0 saturated heterocycles. The largest absolute Gasteiger partial charge is 0.546 e. The first-order valence-electron chi connectivity index (χ1n) is 3.71. The zero-order valence-electron chi connectivity index (χ0n) is 7.78. The zero-order chi connectivity index (χ0) is 11.9. The van der Waals surface area contributed by atoms with Crippen LogP contribution in [0.25, 0.3) is 0 Å². The number of esters is 1. The number of hydrogen-bond donors (Lipinski definition) is 2. The molecule has 0 aromatic rings. The summed E-state index contributed by atoms with van der Waals surface area (Å²) in [5.41, 5.74) is 0. The molecule has 0 rings (SSSR count). The second-order valence-corrected chi connectivity index (χ2v) is 3.40. The van der Waals surface area contributed by atoms with E-state index in [1.54, 1.807) is 6.92 Å². The highest BCUT2D eigenvalue weighted by Crippen LogP contribution is 2.40. The predicted molar refractivity (Wildman–Crippen MR) is 47.0 cm³/mol. The van der Waals surface area contributed by atoms with Crippen LogP contribution in [0.1, 0.15) is 6.92 Å². The molecule has 0 saturated carbocycles. The fraction of sp³-hybridized carbons (Fsp3) is 0.333. The maximum Gasteiger partial charge on any atom is 0.546 e. The van der Waals surface area contributed by atoms with Crippen molar-refractivity contribution >= 4 is 19.8 Å². The highest BCUT2D eigenvalue weighted by atomic mass is 31.2. The molecule has 0 heterocycles. The summed E-state index contributed by atoms with van der Waals surface area (Å²) in [6.07, 6.45) is 1.35. The smallest absolute Gasteiger partial charge is 0.463 e. The normalized spacial score (nSPS) is 14.6. The summed E-state index contributed by atoms with van der Waals surface area (Å²) in [6.45, 7) is 1.72. The van der Waals surface area contributed by atoms with Crippen LogP contribution in [0.3, 0.4) is 0 Å². The van der Waals surface area contributed by atoms with Crippen LogP contribution in [0.15, 0.2) is 12.2 Å². The standard InChI is InChI=1S/C6H10NO7P/c1-2-12-5(8)3-4-6(9)13-15(10,11)14-7/h3-4H,2,7H2,1H3,(H,10,11)/b4-3-. The van der Waals surface area contributed by atoms with E-state index in [-0.39, 0.29) is 6.61 Å². The molecule has 9 heteroatoms. The minimum absolute atomic E-state index is 0.141. The number of ether oxygens (including phenoxy) is 1. The fourth-order valence-electron chi connectivity index (χ4n) is 0.492. The van der Waals surface area contributed by atoms with Gasteiger partial charge in [0.05, 0.1) is 6.61 Å². The lowest BCUT2D eigenvalue weighted by Gasteiger charge is -2.04. The molecule has 1 unspecified atom stereocenters. The van der Waals surface area contributed by atoms with Crippen LogP contribution in [0.4, 0.5) is 0 Å². The summed E-state index contributed by atoms with van der Waals surface area (Å²) in [5.74, 6) is 2.32.